The summed E-state index contributed by atoms with van der Waals surface area (Å²) in [6, 6.07) is 2.90. The van der Waals surface area contributed by atoms with Crippen molar-refractivity contribution in [1.82, 2.24) is 13.7 Å². The van der Waals surface area contributed by atoms with Gasteiger partial charge in [-0.05, 0) is 25.0 Å². The van der Waals surface area contributed by atoms with E-state index in [1.165, 1.54) is 27.8 Å². The predicted molar refractivity (Wildman–Crippen MR) is 94.5 cm³/mol. The van der Waals surface area contributed by atoms with Crippen LogP contribution in [0.5, 0.6) is 0 Å². The summed E-state index contributed by atoms with van der Waals surface area (Å²) < 4.78 is 29.0. The molecule has 9 heteroatoms. The zero-order valence-electron chi connectivity index (χ0n) is 12.6. The van der Waals surface area contributed by atoms with Gasteiger partial charge in [0, 0.05) is 24.7 Å². The molecule has 24 heavy (non-hydrogen) atoms. The molecule has 4 rings (SSSR count). The Hall–Kier alpha value is -1.48. The van der Waals surface area contributed by atoms with Crippen molar-refractivity contribution in [3.05, 3.63) is 39.1 Å². The first-order valence-electron chi connectivity index (χ1n) is 7.58. The number of halogens is 1. The maximum absolute atomic E-state index is 12.9. The summed E-state index contributed by atoms with van der Waals surface area (Å²) in [5.41, 5.74) is 0.119. The van der Waals surface area contributed by atoms with Gasteiger partial charge in [-0.25, -0.2) is 8.42 Å². The molecule has 1 aromatic carbocycles. The van der Waals surface area contributed by atoms with Gasteiger partial charge in [-0.3, -0.25) is 9.20 Å². The van der Waals surface area contributed by atoms with E-state index in [4.69, 9.17) is 11.6 Å². The van der Waals surface area contributed by atoms with Crippen LogP contribution in [-0.2, 0) is 10.0 Å². The third-order valence-corrected chi connectivity index (χ3v) is 7.38. The normalized spacial score (nSPS) is 16.9. The fraction of sp³-hybridized carbons (Fsp3) is 0.333. The Morgan fingerprint density at radius 3 is 2.67 bits per heavy atom. The molecular formula is C15H14ClN3O3S2. The molecule has 0 radical (unpaired) electrons. The first-order chi connectivity index (χ1) is 11.5. The molecule has 1 aliphatic heterocycles. The van der Waals surface area contributed by atoms with Crippen LogP contribution >= 0.6 is 22.9 Å². The lowest BCUT2D eigenvalue weighted by atomic mass is 10.2. The number of sulfonamides is 1. The zero-order valence-corrected chi connectivity index (χ0v) is 15.0. The molecule has 1 fully saturated rings. The number of nitrogens with zero attached hydrogens (tertiary/aromatic N) is 3. The Labute approximate surface area is 147 Å². The molecule has 3 heterocycles. The average molecular weight is 384 g/mol. The van der Waals surface area contributed by atoms with Crippen molar-refractivity contribution < 1.29 is 8.42 Å². The number of piperidine rings is 1. The van der Waals surface area contributed by atoms with Gasteiger partial charge in [0.2, 0.25) is 10.0 Å². The molecule has 0 saturated carbocycles. The summed E-state index contributed by atoms with van der Waals surface area (Å²) >= 11 is 7.63. The van der Waals surface area contributed by atoms with Gasteiger partial charge >= 0.3 is 0 Å². The molecule has 2 aromatic heterocycles. The molecule has 0 atom stereocenters. The van der Waals surface area contributed by atoms with E-state index in [-0.39, 0.29) is 15.3 Å². The molecule has 1 saturated heterocycles. The van der Waals surface area contributed by atoms with Gasteiger partial charge in [0.05, 0.1) is 15.9 Å². The largest absolute Gasteiger partial charge is 0.292 e. The smallest absolute Gasteiger partial charge is 0.281 e. The molecule has 0 spiro atoms. The molecule has 0 bridgehead atoms. The first-order valence-corrected chi connectivity index (χ1v) is 10.3. The van der Waals surface area contributed by atoms with Crippen LogP contribution in [-0.4, -0.2) is 35.2 Å². The number of aromatic nitrogens is 2. The lowest BCUT2D eigenvalue weighted by Crippen LogP contribution is -2.35. The number of thiazole rings is 1. The maximum Gasteiger partial charge on any atom is 0.281 e. The van der Waals surface area contributed by atoms with E-state index >= 15 is 0 Å². The lowest BCUT2D eigenvalue weighted by Gasteiger charge is -2.26. The molecular weight excluding hydrogens is 370 g/mol. The second kappa shape index (κ2) is 5.80. The van der Waals surface area contributed by atoms with Crippen molar-refractivity contribution in [2.45, 2.75) is 24.2 Å². The van der Waals surface area contributed by atoms with Crippen molar-refractivity contribution >= 4 is 48.8 Å². The summed E-state index contributed by atoms with van der Waals surface area (Å²) in [5.74, 6) is 0. The topological polar surface area (TPSA) is 71.8 Å². The minimum Gasteiger partial charge on any atom is -0.292 e. The summed E-state index contributed by atoms with van der Waals surface area (Å²) in [7, 11) is -3.71. The van der Waals surface area contributed by atoms with Gasteiger partial charge in [0.15, 0.2) is 4.96 Å². The molecule has 0 unspecified atom stereocenters. The molecule has 0 aliphatic carbocycles. The Bertz CT molecular complexity index is 1100. The van der Waals surface area contributed by atoms with Gasteiger partial charge in [0.1, 0.15) is 4.90 Å². The number of fused-ring (bicyclic) bond motifs is 3. The van der Waals surface area contributed by atoms with Crippen molar-refractivity contribution in [2.24, 2.45) is 0 Å². The van der Waals surface area contributed by atoms with Crippen LogP contribution in [0, 0.1) is 0 Å². The summed E-state index contributed by atoms with van der Waals surface area (Å²) in [4.78, 5) is 16.8. The van der Waals surface area contributed by atoms with Gasteiger partial charge < -0.3 is 0 Å². The van der Waals surface area contributed by atoms with Crippen molar-refractivity contribution in [3.63, 3.8) is 0 Å². The third-order valence-electron chi connectivity index (χ3n) is 4.26. The highest BCUT2D eigenvalue weighted by Gasteiger charge is 2.29. The van der Waals surface area contributed by atoms with Gasteiger partial charge in [-0.1, -0.05) is 18.0 Å². The van der Waals surface area contributed by atoms with Crippen LogP contribution in [0.25, 0.3) is 15.9 Å². The number of hydrogen-bond donors (Lipinski definition) is 0. The molecule has 3 aromatic rings. The molecule has 1 aliphatic rings. The summed E-state index contributed by atoms with van der Waals surface area (Å²) in [6.07, 6.45) is 4.48. The second-order valence-electron chi connectivity index (χ2n) is 5.74. The Balaban J connectivity index is 1.96. The van der Waals surface area contributed by atoms with E-state index in [9.17, 15) is 13.2 Å². The van der Waals surface area contributed by atoms with E-state index < -0.39 is 15.6 Å². The minimum absolute atomic E-state index is 0.0207. The van der Waals surface area contributed by atoms with Gasteiger partial charge in [-0.15, -0.1) is 11.3 Å². The Kier molecular flexibility index (Phi) is 3.87. The summed E-state index contributed by atoms with van der Waals surface area (Å²) in [5, 5.41) is 2.19. The Morgan fingerprint density at radius 1 is 1.17 bits per heavy atom. The fourth-order valence-electron chi connectivity index (χ4n) is 3.04. The minimum atomic E-state index is -3.71. The fourth-order valence-corrected chi connectivity index (χ4v) is 5.79. The van der Waals surface area contributed by atoms with E-state index in [0.29, 0.717) is 23.6 Å². The van der Waals surface area contributed by atoms with E-state index in [2.05, 4.69) is 4.98 Å². The van der Waals surface area contributed by atoms with E-state index in [0.717, 1.165) is 19.3 Å². The van der Waals surface area contributed by atoms with Crippen molar-refractivity contribution in [1.29, 1.82) is 0 Å². The first kappa shape index (κ1) is 16.0. The van der Waals surface area contributed by atoms with Crippen LogP contribution in [0.4, 0.5) is 0 Å². The molecule has 126 valence electrons. The Morgan fingerprint density at radius 2 is 1.92 bits per heavy atom. The molecule has 0 amide bonds. The second-order valence-corrected chi connectivity index (χ2v) is 8.92. The average Bonchev–Trinajstić information content (AvgIpc) is 3.03. The van der Waals surface area contributed by atoms with Gasteiger partial charge in [0.25, 0.3) is 5.56 Å². The molecule has 0 N–H and O–H groups in total. The third kappa shape index (κ3) is 2.45. The summed E-state index contributed by atoms with van der Waals surface area (Å²) in [6.45, 7) is 0.967. The van der Waals surface area contributed by atoms with Crippen LogP contribution < -0.4 is 5.56 Å². The van der Waals surface area contributed by atoms with Crippen LogP contribution in [0.3, 0.4) is 0 Å². The van der Waals surface area contributed by atoms with Crippen LogP contribution in [0.15, 0.2) is 33.4 Å². The van der Waals surface area contributed by atoms with Crippen LogP contribution in [0.1, 0.15) is 19.3 Å². The highest BCUT2D eigenvalue weighted by Crippen LogP contribution is 2.30. The number of rotatable bonds is 2. The van der Waals surface area contributed by atoms with E-state index in [1.807, 2.05) is 5.38 Å². The predicted octanol–water partition coefficient (Wildman–Crippen LogP) is 2.74. The number of hydrogen-bond acceptors (Lipinski definition) is 5. The van der Waals surface area contributed by atoms with Crippen molar-refractivity contribution in [2.75, 3.05) is 13.1 Å². The monoisotopic (exact) mass is 383 g/mol. The van der Waals surface area contributed by atoms with Gasteiger partial charge in [-0.2, -0.15) is 9.29 Å². The maximum atomic E-state index is 12.9. The highest BCUT2D eigenvalue weighted by molar-refractivity contribution is 7.89. The van der Waals surface area contributed by atoms with E-state index in [1.54, 1.807) is 10.6 Å². The standard InChI is InChI=1S/C15H14ClN3O3S2/c16-11-9-12-10(14(20)17-15-19(12)6-7-23-15)8-13(11)24(21,22)18-4-2-1-3-5-18/h6-9H,1-5H2. The number of benzene rings is 1. The lowest BCUT2D eigenvalue weighted by molar-refractivity contribution is 0.346. The quantitative estimate of drug-likeness (QED) is 0.682. The van der Waals surface area contributed by atoms with Crippen LogP contribution in [0.2, 0.25) is 5.02 Å². The zero-order chi connectivity index (χ0) is 16.9. The highest BCUT2D eigenvalue weighted by atomic mass is 35.5. The van der Waals surface area contributed by atoms with Crippen molar-refractivity contribution in [3.8, 4) is 0 Å². The SMILES string of the molecule is O=c1nc2sccn2c2cc(Cl)c(S(=O)(=O)N3CCCCC3)cc12. The molecule has 6 nitrogen and oxygen atoms in total.